The first kappa shape index (κ1) is 22.6. The maximum Gasteiger partial charge on any atom is 0.237 e. The zero-order valence-electron chi connectivity index (χ0n) is 17.4. The smallest absolute Gasteiger partial charge is 0.237 e. The van der Waals surface area contributed by atoms with Gasteiger partial charge in [0.2, 0.25) is 11.8 Å². The Morgan fingerprint density at radius 1 is 1.12 bits per heavy atom. The normalized spacial score (nSPS) is 14.1. The first-order valence-electron chi connectivity index (χ1n) is 10.1. The number of thioether (sulfide) groups is 1. The van der Waals surface area contributed by atoms with Crippen molar-refractivity contribution in [3.8, 4) is 5.69 Å². The van der Waals surface area contributed by atoms with Crippen LogP contribution in [-0.2, 0) is 9.59 Å². The molecule has 0 radical (unpaired) electrons. The van der Waals surface area contributed by atoms with Crippen LogP contribution in [0, 0.1) is 0 Å². The first-order valence-corrected chi connectivity index (χ1v) is 11.7. The first-order chi connectivity index (χ1) is 15.3. The van der Waals surface area contributed by atoms with E-state index in [1.807, 2.05) is 28.8 Å². The Labute approximate surface area is 199 Å². The molecule has 0 saturated heterocycles. The van der Waals surface area contributed by atoms with Crippen LogP contribution in [0.3, 0.4) is 0 Å². The molecule has 32 heavy (non-hydrogen) atoms. The second kappa shape index (κ2) is 9.52. The van der Waals surface area contributed by atoms with Crippen molar-refractivity contribution in [1.29, 1.82) is 0 Å². The number of rotatable bonds is 7. The number of aromatic nitrogens is 3. The van der Waals surface area contributed by atoms with Gasteiger partial charge in [0.25, 0.3) is 0 Å². The van der Waals surface area contributed by atoms with Crippen molar-refractivity contribution in [2.75, 3.05) is 10.6 Å². The number of nitrogens with zero attached hydrogens (tertiary/aromatic N) is 3. The molecule has 1 unspecified atom stereocenters. The second-order valence-corrected chi connectivity index (χ2v) is 9.71. The van der Waals surface area contributed by atoms with Gasteiger partial charge in [0.15, 0.2) is 5.16 Å². The van der Waals surface area contributed by atoms with E-state index in [0.717, 1.165) is 24.4 Å². The number of nitrogens with one attached hydrogen (secondary N) is 2. The minimum absolute atomic E-state index is 0.145. The molecule has 7 nitrogen and oxygen atoms in total. The van der Waals surface area contributed by atoms with Gasteiger partial charge in [-0.3, -0.25) is 14.2 Å². The molecule has 0 aliphatic heterocycles. The Hall–Kier alpha value is -2.55. The van der Waals surface area contributed by atoms with E-state index in [9.17, 15) is 9.59 Å². The summed E-state index contributed by atoms with van der Waals surface area (Å²) in [5, 5.41) is 15.4. The fourth-order valence-corrected chi connectivity index (χ4v) is 4.38. The molecule has 1 aliphatic carbocycles. The highest BCUT2D eigenvalue weighted by Gasteiger charge is 2.32. The number of carbonyl (C=O) groups is 2. The Morgan fingerprint density at radius 2 is 1.91 bits per heavy atom. The predicted octanol–water partition coefficient (Wildman–Crippen LogP) is 5.53. The Kier molecular flexibility index (Phi) is 6.74. The second-order valence-electron chi connectivity index (χ2n) is 7.56. The Balaban J connectivity index is 1.58. The lowest BCUT2D eigenvalue weighted by Gasteiger charge is -2.15. The Bertz CT molecular complexity index is 1180. The average Bonchev–Trinajstić information content (AvgIpc) is 3.50. The maximum atomic E-state index is 12.8. The van der Waals surface area contributed by atoms with Crippen LogP contribution in [0.4, 0.5) is 11.4 Å². The molecular weight excluding hydrogens is 469 g/mol. The summed E-state index contributed by atoms with van der Waals surface area (Å²) in [5.41, 5.74) is 1.97. The number of anilines is 2. The van der Waals surface area contributed by atoms with Crippen LogP contribution in [0.1, 0.15) is 38.4 Å². The summed E-state index contributed by atoms with van der Waals surface area (Å²) < 4.78 is 1.96. The molecule has 1 fully saturated rings. The van der Waals surface area contributed by atoms with Gasteiger partial charge in [-0.15, -0.1) is 10.2 Å². The van der Waals surface area contributed by atoms with Crippen molar-refractivity contribution in [3.63, 3.8) is 0 Å². The quantitative estimate of drug-likeness (QED) is 0.425. The van der Waals surface area contributed by atoms with Gasteiger partial charge in [-0.2, -0.15) is 0 Å². The van der Waals surface area contributed by atoms with Crippen LogP contribution >= 0.6 is 35.0 Å². The summed E-state index contributed by atoms with van der Waals surface area (Å²) in [4.78, 5) is 24.3. The largest absolute Gasteiger partial charge is 0.326 e. The topological polar surface area (TPSA) is 88.9 Å². The van der Waals surface area contributed by atoms with E-state index in [1.165, 1.54) is 18.7 Å². The van der Waals surface area contributed by atoms with Gasteiger partial charge in [0.1, 0.15) is 5.82 Å². The number of halogens is 2. The molecule has 3 aromatic rings. The summed E-state index contributed by atoms with van der Waals surface area (Å²) in [6, 6.07) is 12.4. The van der Waals surface area contributed by atoms with Gasteiger partial charge in [0.05, 0.1) is 21.6 Å². The van der Waals surface area contributed by atoms with E-state index in [0.29, 0.717) is 32.5 Å². The lowest BCUT2D eigenvalue weighted by molar-refractivity contribution is -0.115. The zero-order valence-corrected chi connectivity index (χ0v) is 19.8. The maximum absolute atomic E-state index is 12.8. The molecule has 0 bridgehead atoms. The summed E-state index contributed by atoms with van der Waals surface area (Å²) in [6.45, 7) is 3.26. The highest BCUT2D eigenvalue weighted by molar-refractivity contribution is 8.00. The third-order valence-electron chi connectivity index (χ3n) is 4.86. The van der Waals surface area contributed by atoms with E-state index >= 15 is 0 Å². The number of carbonyl (C=O) groups excluding carboxylic acids is 2. The standard InChI is InChI=1S/C22H21Cl2N5O2S/c1-12(21(31)26-19-10-15(23)8-9-18(19)24)32-22-28-27-20(14-6-7-14)29(22)17-5-3-4-16(11-17)25-13(2)30/h3-5,8-12,14H,6-7H2,1-2H3,(H,25,30)(H,26,31). The van der Waals surface area contributed by atoms with E-state index in [1.54, 1.807) is 25.1 Å². The van der Waals surface area contributed by atoms with E-state index in [-0.39, 0.29) is 11.8 Å². The summed E-state index contributed by atoms with van der Waals surface area (Å²) in [5.74, 6) is 0.829. The summed E-state index contributed by atoms with van der Waals surface area (Å²) in [7, 11) is 0. The molecule has 1 saturated carbocycles. The molecule has 2 N–H and O–H groups in total. The summed E-state index contributed by atoms with van der Waals surface area (Å²) in [6.07, 6.45) is 2.11. The number of benzene rings is 2. The van der Waals surface area contributed by atoms with E-state index in [2.05, 4.69) is 20.8 Å². The molecule has 1 aliphatic rings. The molecule has 1 aromatic heterocycles. The molecule has 1 atom stereocenters. The number of hydrogen-bond donors (Lipinski definition) is 2. The lowest BCUT2D eigenvalue weighted by Crippen LogP contribution is -2.23. The van der Waals surface area contributed by atoms with Gasteiger partial charge in [-0.1, -0.05) is 41.0 Å². The summed E-state index contributed by atoms with van der Waals surface area (Å²) >= 11 is 13.5. The van der Waals surface area contributed by atoms with Gasteiger partial charge >= 0.3 is 0 Å². The third-order valence-corrected chi connectivity index (χ3v) is 6.47. The highest BCUT2D eigenvalue weighted by Crippen LogP contribution is 2.41. The Morgan fingerprint density at radius 3 is 2.62 bits per heavy atom. The van der Waals surface area contributed by atoms with Crippen molar-refractivity contribution in [3.05, 3.63) is 58.3 Å². The van der Waals surface area contributed by atoms with Crippen LogP contribution < -0.4 is 10.6 Å². The van der Waals surface area contributed by atoms with Crippen LogP contribution in [0.2, 0.25) is 10.0 Å². The van der Waals surface area contributed by atoms with Crippen LogP contribution in [0.25, 0.3) is 5.69 Å². The molecule has 166 valence electrons. The van der Waals surface area contributed by atoms with Gasteiger partial charge in [-0.25, -0.2) is 0 Å². The van der Waals surface area contributed by atoms with E-state index < -0.39 is 5.25 Å². The van der Waals surface area contributed by atoms with Crippen molar-refractivity contribution in [1.82, 2.24) is 14.8 Å². The fourth-order valence-electron chi connectivity index (χ4n) is 3.17. The molecular formula is C22H21Cl2N5O2S. The third kappa shape index (κ3) is 5.26. The van der Waals surface area contributed by atoms with E-state index in [4.69, 9.17) is 23.2 Å². The van der Waals surface area contributed by atoms with Crippen molar-refractivity contribution >= 4 is 58.2 Å². The minimum atomic E-state index is -0.474. The van der Waals surface area contributed by atoms with Gasteiger partial charge in [0, 0.05) is 23.6 Å². The van der Waals surface area contributed by atoms with Gasteiger partial charge < -0.3 is 10.6 Å². The fraction of sp³-hybridized carbons (Fsp3) is 0.273. The van der Waals surface area contributed by atoms with Crippen LogP contribution in [0.15, 0.2) is 47.6 Å². The number of amides is 2. The minimum Gasteiger partial charge on any atom is -0.326 e. The molecule has 2 amide bonds. The average molecular weight is 490 g/mol. The van der Waals surface area contributed by atoms with Crippen LogP contribution in [-0.4, -0.2) is 31.8 Å². The highest BCUT2D eigenvalue weighted by atomic mass is 35.5. The van der Waals surface area contributed by atoms with Crippen LogP contribution in [0.5, 0.6) is 0 Å². The number of hydrogen-bond acceptors (Lipinski definition) is 5. The zero-order chi connectivity index (χ0) is 22.8. The molecule has 0 spiro atoms. The molecule has 1 heterocycles. The predicted molar refractivity (Wildman–Crippen MR) is 128 cm³/mol. The van der Waals surface area contributed by atoms with Crippen molar-refractivity contribution in [2.45, 2.75) is 43.0 Å². The molecule has 10 heteroatoms. The lowest BCUT2D eigenvalue weighted by atomic mass is 10.2. The van der Waals surface area contributed by atoms with Crippen molar-refractivity contribution in [2.24, 2.45) is 0 Å². The molecule has 4 rings (SSSR count). The SMILES string of the molecule is CC(=O)Nc1cccc(-n2c(SC(C)C(=O)Nc3cc(Cl)ccc3Cl)nnc2C2CC2)c1. The van der Waals surface area contributed by atoms with Gasteiger partial charge in [-0.05, 0) is 56.2 Å². The monoisotopic (exact) mass is 489 g/mol. The van der Waals surface area contributed by atoms with Crippen molar-refractivity contribution < 1.29 is 9.59 Å². The molecule has 2 aromatic carbocycles.